The van der Waals surface area contributed by atoms with Gasteiger partial charge in [0.15, 0.2) is 17.2 Å². The lowest BCUT2D eigenvalue weighted by Crippen LogP contribution is -2.11. The highest BCUT2D eigenvalue weighted by Gasteiger charge is 2.25. The molecule has 0 atom stereocenters. The van der Waals surface area contributed by atoms with E-state index in [0.29, 0.717) is 11.1 Å². The number of hydrogen-bond donors (Lipinski definition) is 0. The third-order valence-corrected chi connectivity index (χ3v) is 6.59. The van der Waals surface area contributed by atoms with Crippen molar-refractivity contribution < 1.29 is 26.9 Å². The number of ether oxygens (including phenoxy) is 2. The number of carbonyl (C=O) groups excluding carboxylic acids is 1. The summed E-state index contributed by atoms with van der Waals surface area (Å²) in [6.45, 7) is 6.37. The largest absolute Gasteiger partial charge is 0.493 e. The van der Waals surface area contributed by atoms with Crippen LogP contribution in [0.3, 0.4) is 0 Å². The van der Waals surface area contributed by atoms with Crippen LogP contribution in [0, 0.1) is 0 Å². The van der Waals surface area contributed by atoms with Gasteiger partial charge in [0.2, 0.25) is 5.90 Å². The van der Waals surface area contributed by atoms with Crippen molar-refractivity contribution in [3.63, 3.8) is 0 Å². The van der Waals surface area contributed by atoms with Gasteiger partial charge in [-0.15, -0.1) is 0 Å². The number of aliphatic imine (C=N–C) groups is 1. The SMILES string of the molecule is COc1cc(/C=C2/N=C(c3ccc(C(C)(C)C)cc3)OC2=O)ccc1OS(=O)(=O)c1ccccc1. The molecule has 0 radical (unpaired) electrons. The Morgan fingerprint density at radius 3 is 2.23 bits per heavy atom. The Morgan fingerprint density at radius 2 is 1.60 bits per heavy atom. The molecule has 3 aromatic carbocycles. The summed E-state index contributed by atoms with van der Waals surface area (Å²) in [5, 5.41) is 0. The van der Waals surface area contributed by atoms with Gasteiger partial charge < -0.3 is 13.7 Å². The van der Waals surface area contributed by atoms with Crippen LogP contribution < -0.4 is 8.92 Å². The molecule has 35 heavy (non-hydrogen) atoms. The number of benzene rings is 3. The number of esters is 1. The summed E-state index contributed by atoms with van der Waals surface area (Å²) in [6, 6.07) is 20.2. The van der Waals surface area contributed by atoms with Crippen molar-refractivity contribution >= 4 is 28.1 Å². The Bertz CT molecular complexity index is 1420. The van der Waals surface area contributed by atoms with E-state index in [-0.39, 0.29) is 33.4 Å². The highest BCUT2D eigenvalue weighted by molar-refractivity contribution is 7.87. The zero-order valence-corrected chi connectivity index (χ0v) is 20.6. The Labute approximate surface area is 204 Å². The molecule has 1 aliphatic rings. The van der Waals surface area contributed by atoms with Gasteiger partial charge >= 0.3 is 16.1 Å². The van der Waals surface area contributed by atoms with Crippen molar-refractivity contribution in [2.24, 2.45) is 4.99 Å². The fourth-order valence-electron chi connectivity index (χ4n) is 3.40. The second-order valence-corrected chi connectivity index (χ2v) is 10.5. The van der Waals surface area contributed by atoms with E-state index < -0.39 is 16.1 Å². The van der Waals surface area contributed by atoms with Crippen molar-refractivity contribution in [3.8, 4) is 11.5 Å². The molecule has 0 amide bonds. The van der Waals surface area contributed by atoms with Gasteiger partial charge in [-0.05, 0) is 59.0 Å². The van der Waals surface area contributed by atoms with Gasteiger partial charge in [0.1, 0.15) is 4.90 Å². The molecule has 0 bridgehead atoms. The van der Waals surface area contributed by atoms with Crippen LogP contribution in [0.4, 0.5) is 0 Å². The first-order chi connectivity index (χ1) is 16.6. The molecule has 0 saturated heterocycles. The number of methoxy groups -OCH3 is 1. The van der Waals surface area contributed by atoms with Gasteiger partial charge in [-0.3, -0.25) is 0 Å². The molecule has 0 N–H and O–H groups in total. The average molecular weight is 492 g/mol. The first kappa shape index (κ1) is 24.2. The number of carbonyl (C=O) groups is 1. The maximum Gasteiger partial charge on any atom is 0.363 e. The van der Waals surface area contributed by atoms with Crippen LogP contribution in [-0.2, 0) is 25.1 Å². The fourth-order valence-corrected chi connectivity index (χ4v) is 4.36. The van der Waals surface area contributed by atoms with E-state index in [0.717, 1.165) is 5.56 Å². The monoisotopic (exact) mass is 491 g/mol. The average Bonchev–Trinajstić information content (AvgIpc) is 3.20. The Kier molecular flexibility index (Phi) is 6.49. The van der Waals surface area contributed by atoms with Crippen molar-refractivity contribution in [1.29, 1.82) is 0 Å². The zero-order valence-electron chi connectivity index (χ0n) is 19.8. The van der Waals surface area contributed by atoms with E-state index in [1.807, 2.05) is 24.3 Å². The number of hydrogen-bond acceptors (Lipinski definition) is 7. The third kappa shape index (κ3) is 5.44. The molecular weight excluding hydrogens is 466 g/mol. The smallest absolute Gasteiger partial charge is 0.363 e. The summed E-state index contributed by atoms with van der Waals surface area (Å²) < 4.78 is 41.1. The van der Waals surface area contributed by atoms with Crippen LogP contribution in [0.25, 0.3) is 6.08 Å². The van der Waals surface area contributed by atoms with E-state index in [1.165, 1.54) is 31.4 Å². The van der Waals surface area contributed by atoms with Crippen LogP contribution in [0.5, 0.6) is 11.5 Å². The first-order valence-electron chi connectivity index (χ1n) is 10.9. The lowest BCUT2D eigenvalue weighted by Gasteiger charge is -2.18. The normalized spacial score (nSPS) is 15.0. The molecule has 4 rings (SSSR count). The summed E-state index contributed by atoms with van der Waals surface area (Å²) >= 11 is 0. The Balaban J connectivity index is 1.58. The highest BCUT2D eigenvalue weighted by Crippen LogP contribution is 2.32. The molecular formula is C27H25NO6S. The molecule has 0 unspecified atom stereocenters. The molecule has 0 spiro atoms. The lowest BCUT2D eigenvalue weighted by molar-refractivity contribution is -0.129. The molecule has 7 nitrogen and oxygen atoms in total. The van der Waals surface area contributed by atoms with E-state index in [1.54, 1.807) is 30.3 Å². The van der Waals surface area contributed by atoms with Crippen LogP contribution in [-0.4, -0.2) is 27.4 Å². The summed E-state index contributed by atoms with van der Waals surface area (Å²) in [5.74, 6) is -0.142. The van der Waals surface area contributed by atoms with Gasteiger partial charge in [-0.25, -0.2) is 9.79 Å². The zero-order chi connectivity index (χ0) is 25.2. The predicted octanol–water partition coefficient (Wildman–Crippen LogP) is 5.10. The van der Waals surface area contributed by atoms with Gasteiger partial charge in [0.25, 0.3) is 0 Å². The summed E-state index contributed by atoms with van der Waals surface area (Å²) in [5.41, 5.74) is 2.54. The summed E-state index contributed by atoms with van der Waals surface area (Å²) in [4.78, 5) is 16.8. The topological polar surface area (TPSA) is 91.3 Å². The Hall–Kier alpha value is -3.91. The van der Waals surface area contributed by atoms with Crippen molar-refractivity contribution in [3.05, 3.63) is 95.2 Å². The number of nitrogens with zero attached hydrogens (tertiary/aromatic N) is 1. The molecule has 1 aliphatic heterocycles. The van der Waals surface area contributed by atoms with Crippen molar-refractivity contribution in [2.45, 2.75) is 31.1 Å². The minimum atomic E-state index is -4.03. The van der Waals surface area contributed by atoms with Gasteiger partial charge in [-0.2, -0.15) is 8.42 Å². The maximum absolute atomic E-state index is 12.6. The van der Waals surface area contributed by atoms with Crippen LogP contribution >= 0.6 is 0 Å². The summed E-state index contributed by atoms with van der Waals surface area (Å²) in [6.07, 6.45) is 1.54. The quantitative estimate of drug-likeness (QED) is 0.271. The minimum Gasteiger partial charge on any atom is -0.493 e. The van der Waals surface area contributed by atoms with E-state index in [9.17, 15) is 13.2 Å². The highest BCUT2D eigenvalue weighted by atomic mass is 32.2. The maximum atomic E-state index is 12.6. The molecule has 0 saturated carbocycles. The molecule has 180 valence electrons. The van der Waals surface area contributed by atoms with Gasteiger partial charge in [-0.1, -0.05) is 57.2 Å². The summed E-state index contributed by atoms with van der Waals surface area (Å²) in [7, 11) is -2.63. The third-order valence-electron chi connectivity index (χ3n) is 5.34. The Morgan fingerprint density at radius 1 is 0.914 bits per heavy atom. The number of rotatable bonds is 6. The molecule has 8 heteroatoms. The van der Waals surface area contributed by atoms with Crippen molar-refractivity contribution in [2.75, 3.05) is 7.11 Å². The fraction of sp³-hybridized carbons (Fsp3) is 0.185. The van der Waals surface area contributed by atoms with Gasteiger partial charge in [0, 0.05) is 5.56 Å². The molecule has 0 fully saturated rings. The van der Waals surface area contributed by atoms with Crippen LogP contribution in [0.2, 0.25) is 0 Å². The standard InChI is InChI=1S/C27H25NO6S/c1-27(2,3)20-13-11-19(12-14-20)25-28-22(26(29)33-25)16-18-10-15-23(24(17-18)32-4)34-35(30,31)21-8-6-5-7-9-21/h5-17H,1-4H3/b22-16+. The molecule has 0 aliphatic carbocycles. The van der Waals surface area contributed by atoms with Crippen molar-refractivity contribution in [1.82, 2.24) is 0 Å². The van der Waals surface area contributed by atoms with E-state index in [2.05, 4.69) is 25.8 Å². The predicted molar refractivity (Wildman–Crippen MR) is 133 cm³/mol. The molecule has 3 aromatic rings. The molecule has 1 heterocycles. The number of cyclic esters (lactones) is 1. The molecule has 0 aromatic heterocycles. The van der Waals surface area contributed by atoms with Crippen LogP contribution in [0.1, 0.15) is 37.5 Å². The lowest BCUT2D eigenvalue weighted by atomic mass is 9.87. The minimum absolute atomic E-state index is 0.00706. The van der Waals surface area contributed by atoms with E-state index >= 15 is 0 Å². The second kappa shape index (κ2) is 9.38. The first-order valence-corrected chi connectivity index (χ1v) is 12.3. The second-order valence-electron chi connectivity index (χ2n) is 8.92. The van der Waals surface area contributed by atoms with Gasteiger partial charge in [0.05, 0.1) is 7.11 Å². The van der Waals surface area contributed by atoms with Crippen LogP contribution in [0.15, 0.2) is 88.4 Å². The van der Waals surface area contributed by atoms with E-state index in [4.69, 9.17) is 13.7 Å².